The Bertz CT molecular complexity index is 1400. The Hall–Kier alpha value is -4.12. The van der Waals surface area contributed by atoms with Crippen LogP contribution in [0.25, 0.3) is 10.9 Å². The van der Waals surface area contributed by atoms with Gasteiger partial charge in [-0.25, -0.2) is 13.8 Å². The first kappa shape index (κ1) is 20.2. The molecular formula is C23H16F2N4O2. The zero-order valence-corrected chi connectivity index (χ0v) is 16.2. The zero-order chi connectivity index (χ0) is 21.8. The number of aromatic amines is 1. The summed E-state index contributed by atoms with van der Waals surface area (Å²) in [5.41, 5.74) is 1.44. The van der Waals surface area contributed by atoms with Crippen molar-refractivity contribution in [2.45, 2.75) is 19.4 Å². The molecule has 0 amide bonds. The Kier molecular flexibility index (Phi) is 5.67. The third-order valence-electron chi connectivity index (χ3n) is 4.69. The van der Waals surface area contributed by atoms with Gasteiger partial charge in [-0.2, -0.15) is 5.10 Å². The van der Waals surface area contributed by atoms with Crippen LogP contribution in [0.4, 0.5) is 8.78 Å². The van der Waals surface area contributed by atoms with Gasteiger partial charge in [0.05, 0.1) is 24.6 Å². The second-order valence-corrected chi connectivity index (χ2v) is 6.89. The van der Waals surface area contributed by atoms with Crippen LogP contribution in [0.15, 0.2) is 59.9 Å². The molecule has 1 N–H and O–H groups in total. The van der Waals surface area contributed by atoms with Crippen LogP contribution in [-0.4, -0.2) is 25.5 Å². The Morgan fingerprint density at radius 1 is 1.10 bits per heavy atom. The summed E-state index contributed by atoms with van der Waals surface area (Å²) in [5, 5.41) is 7.81. The number of H-pyrrole nitrogens is 1. The van der Waals surface area contributed by atoms with Crippen molar-refractivity contribution in [3.8, 4) is 11.8 Å². The fourth-order valence-electron chi connectivity index (χ4n) is 3.08. The lowest BCUT2D eigenvalue weighted by molar-refractivity contribution is 0.0982. The maximum absolute atomic E-state index is 13.4. The second-order valence-electron chi connectivity index (χ2n) is 6.89. The summed E-state index contributed by atoms with van der Waals surface area (Å²) >= 11 is 0. The maximum Gasteiger partial charge on any atom is 0.264 e. The molecule has 0 unspecified atom stereocenters. The summed E-state index contributed by atoms with van der Waals surface area (Å²) in [6.45, 7) is -0.0277. The Balaban J connectivity index is 1.43. The molecular weight excluding hydrogens is 402 g/mol. The summed E-state index contributed by atoms with van der Waals surface area (Å²) in [6, 6.07) is 9.00. The van der Waals surface area contributed by atoms with Crippen LogP contribution in [-0.2, 0) is 6.54 Å². The van der Waals surface area contributed by atoms with Gasteiger partial charge in [-0.1, -0.05) is 17.9 Å². The summed E-state index contributed by atoms with van der Waals surface area (Å²) in [4.78, 5) is 29.0. The minimum atomic E-state index is -1.00. The number of nitrogens with zero attached hydrogens (tertiary/aromatic N) is 3. The number of Topliss-reactive ketones (excluding diaryl/α,β-unsaturated/α-hetero) is 1. The van der Waals surface area contributed by atoms with E-state index in [9.17, 15) is 18.4 Å². The first-order chi connectivity index (χ1) is 15.0. The third-order valence-corrected chi connectivity index (χ3v) is 4.69. The highest BCUT2D eigenvalue weighted by Gasteiger charge is 2.13. The van der Waals surface area contributed by atoms with E-state index in [2.05, 4.69) is 27.0 Å². The van der Waals surface area contributed by atoms with Crippen molar-refractivity contribution in [3.05, 3.63) is 93.8 Å². The van der Waals surface area contributed by atoms with Crippen molar-refractivity contribution in [2.24, 2.45) is 0 Å². The molecule has 0 spiro atoms. The molecule has 2 heterocycles. The van der Waals surface area contributed by atoms with Crippen molar-refractivity contribution in [3.63, 3.8) is 0 Å². The van der Waals surface area contributed by atoms with Crippen molar-refractivity contribution in [2.75, 3.05) is 0 Å². The topological polar surface area (TPSA) is 80.6 Å². The average molecular weight is 418 g/mol. The Morgan fingerprint density at radius 3 is 2.81 bits per heavy atom. The number of benzene rings is 2. The lowest BCUT2D eigenvalue weighted by Gasteiger charge is -2.07. The number of fused-ring (bicyclic) bond motifs is 1. The number of rotatable bonds is 5. The minimum Gasteiger partial charge on any atom is -0.294 e. The fraction of sp³-hybridized carbons (Fsp3) is 0.130. The molecule has 31 heavy (non-hydrogen) atoms. The van der Waals surface area contributed by atoms with Crippen molar-refractivity contribution in [1.29, 1.82) is 0 Å². The van der Waals surface area contributed by atoms with Gasteiger partial charge in [0.25, 0.3) is 5.56 Å². The molecule has 2 aromatic carbocycles. The van der Waals surface area contributed by atoms with Crippen LogP contribution < -0.4 is 5.56 Å². The van der Waals surface area contributed by atoms with Gasteiger partial charge in [0.2, 0.25) is 0 Å². The van der Waals surface area contributed by atoms with E-state index in [-0.39, 0.29) is 30.7 Å². The number of aromatic nitrogens is 4. The molecule has 0 atom stereocenters. The van der Waals surface area contributed by atoms with Crippen LogP contribution in [0.2, 0.25) is 0 Å². The van der Waals surface area contributed by atoms with E-state index in [1.165, 1.54) is 23.2 Å². The maximum atomic E-state index is 13.4. The normalized spacial score (nSPS) is 10.6. The molecule has 4 aromatic rings. The first-order valence-electron chi connectivity index (χ1n) is 9.45. The van der Waals surface area contributed by atoms with Gasteiger partial charge in [-0.05, 0) is 35.9 Å². The van der Waals surface area contributed by atoms with Gasteiger partial charge in [-0.15, -0.1) is 0 Å². The molecule has 0 aliphatic carbocycles. The molecule has 154 valence electrons. The molecule has 8 heteroatoms. The quantitative estimate of drug-likeness (QED) is 0.398. The predicted molar refractivity (Wildman–Crippen MR) is 110 cm³/mol. The van der Waals surface area contributed by atoms with Gasteiger partial charge >= 0.3 is 0 Å². The highest BCUT2D eigenvalue weighted by atomic mass is 19.2. The van der Waals surface area contributed by atoms with Crippen LogP contribution in [0, 0.1) is 23.5 Å². The lowest BCUT2D eigenvalue weighted by atomic mass is 10.1. The molecule has 2 aromatic heterocycles. The van der Waals surface area contributed by atoms with E-state index in [4.69, 9.17) is 0 Å². The van der Waals surface area contributed by atoms with Crippen molar-refractivity contribution < 1.29 is 13.6 Å². The van der Waals surface area contributed by atoms with E-state index >= 15 is 0 Å². The number of hydrogen-bond acceptors (Lipinski definition) is 4. The first-order valence-corrected chi connectivity index (χ1v) is 9.45. The summed E-state index contributed by atoms with van der Waals surface area (Å²) < 4.78 is 27.7. The largest absolute Gasteiger partial charge is 0.294 e. The molecule has 0 fully saturated rings. The lowest BCUT2D eigenvalue weighted by Crippen LogP contribution is -2.27. The van der Waals surface area contributed by atoms with Gasteiger partial charge in [0.15, 0.2) is 17.4 Å². The van der Waals surface area contributed by atoms with E-state index in [0.29, 0.717) is 5.56 Å². The molecule has 0 saturated carbocycles. The zero-order valence-electron chi connectivity index (χ0n) is 16.2. The van der Waals surface area contributed by atoms with Crippen LogP contribution in [0.3, 0.4) is 0 Å². The summed E-state index contributed by atoms with van der Waals surface area (Å²) in [5.74, 6) is 3.57. The van der Waals surface area contributed by atoms with E-state index in [1.807, 2.05) is 18.2 Å². The van der Waals surface area contributed by atoms with Gasteiger partial charge < -0.3 is 0 Å². The number of carbonyl (C=O) groups excluding carboxylic acids is 1. The molecule has 0 radical (unpaired) electrons. The van der Waals surface area contributed by atoms with Gasteiger partial charge in [0, 0.05) is 30.0 Å². The Labute approximate surface area is 175 Å². The van der Waals surface area contributed by atoms with E-state index < -0.39 is 17.2 Å². The standard InChI is InChI=1S/C23H16F2N4O2/c24-19-8-6-16(9-20(19)25)13-29-14-26-12-18(23(29)31)22(30)4-2-1-3-15-5-7-17-11-27-28-21(17)10-15/h5-12,14H,2,4,13H2,(H,27,28). The highest BCUT2D eigenvalue weighted by molar-refractivity contribution is 5.95. The molecule has 0 aliphatic heterocycles. The molecule has 6 nitrogen and oxygen atoms in total. The minimum absolute atomic E-state index is 0.0277. The number of ketones is 1. The second kappa shape index (κ2) is 8.71. The molecule has 0 bridgehead atoms. The highest BCUT2D eigenvalue weighted by Crippen LogP contribution is 2.12. The average Bonchev–Trinajstić information content (AvgIpc) is 3.23. The number of nitrogens with one attached hydrogen (secondary N) is 1. The number of hydrogen-bond donors (Lipinski definition) is 1. The van der Waals surface area contributed by atoms with E-state index in [1.54, 1.807) is 6.20 Å². The molecule has 0 saturated heterocycles. The fourth-order valence-corrected chi connectivity index (χ4v) is 3.08. The van der Waals surface area contributed by atoms with Crippen LogP contribution in [0.5, 0.6) is 0 Å². The number of carbonyl (C=O) groups is 1. The monoisotopic (exact) mass is 418 g/mol. The number of halogens is 2. The summed E-state index contributed by atoms with van der Waals surface area (Å²) in [6.07, 6.45) is 4.53. The third kappa shape index (κ3) is 4.56. The Morgan fingerprint density at radius 2 is 1.97 bits per heavy atom. The van der Waals surface area contributed by atoms with E-state index in [0.717, 1.165) is 28.6 Å². The van der Waals surface area contributed by atoms with Crippen LogP contribution in [0.1, 0.15) is 34.3 Å². The summed E-state index contributed by atoms with van der Waals surface area (Å²) in [7, 11) is 0. The van der Waals surface area contributed by atoms with Gasteiger partial charge in [0.1, 0.15) is 5.56 Å². The SMILES string of the molecule is O=C(CCC#Cc1ccc2cn[nH]c2c1)c1cncn(Cc2ccc(F)c(F)c2)c1=O. The predicted octanol–water partition coefficient (Wildman–Crippen LogP) is 3.46. The van der Waals surface area contributed by atoms with Crippen LogP contribution >= 0.6 is 0 Å². The van der Waals surface area contributed by atoms with Gasteiger partial charge in [-0.3, -0.25) is 19.3 Å². The smallest absolute Gasteiger partial charge is 0.264 e. The molecule has 0 aliphatic rings. The van der Waals surface area contributed by atoms with Crippen molar-refractivity contribution >= 4 is 16.7 Å². The molecule has 4 rings (SSSR count). The van der Waals surface area contributed by atoms with Crippen molar-refractivity contribution in [1.82, 2.24) is 19.7 Å².